The number of halogens is 4. The number of benzene rings is 1. The van der Waals surface area contributed by atoms with Crippen molar-refractivity contribution in [2.75, 3.05) is 5.32 Å². The Kier molecular flexibility index (Phi) is 4.62. The third-order valence-electron chi connectivity index (χ3n) is 4.01. The molecule has 1 aromatic carbocycles. The highest BCUT2D eigenvalue weighted by atomic mass is 19.3. The monoisotopic (exact) mass is 366 g/mol. The van der Waals surface area contributed by atoms with Gasteiger partial charge in [-0.15, -0.1) is 0 Å². The zero-order chi connectivity index (χ0) is 19.0. The molecule has 3 aromatic rings. The second-order valence-electron chi connectivity index (χ2n) is 5.71. The molecule has 0 spiro atoms. The maximum atomic E-state index is 13.2. The fraction of sp³-hybridized carbons (Fsp3) is 0.235. The number of carbonyl (C=O) groups is 1. The third kappa shape index (κ3) is 3.24. The topological polar surface area (TPSA) is 59.3 Å². The average Bonchev–Trinajstić information content (AvgIpc) is 3.02. The van der Waals surface area contributed by atoms with E-state index in [1.165, 1.54) is 0 Å². The number of nitrogens with one attached hydrogen (secondary N) is 1. The summed E-state index contributed by atoms with van der Waals surface area (Å²) in [6, 6.07) is 7.00. The minimum Gasteiger partial charge on any atom is -0.320 e. The van der Waals surface area contributed by atoms with Crippen LogP contribution in [0.2, 0.25) is 0 Å². The normalized spacial score (nSPS) is 11.5. The van der Waals surface area contributed by atoms with Crippen molar-refractivity contribution in [2.45, 2.75) is 26.7 Å². The van der Waals surface area contributed by atoms with E-state index in [9.17, 15) is 22.4 Å². The average molecular weight is 366 g/mol. The van der Waals surface area contributed by atoms with Crippen LogP contribution in [-0.2, 0) is 0 Å². The van der Waals surface area contributed by atoms with Crippen molar-refractivity contribution >= 4 is 17.2 Å². The van der Waals surface area contributed by atoms with Crippen LogP contribution in [0.15, 0.2) is 30.3 Å². The number of rotatable bonds is 4. The van der Waals surface area contributed by atoms with Crippen molar-refractivity contribution in [3.05, 3.63) is 58.5 Å². The Bertz CT molecular complexity index is 984. The lowest BCUT2D eigenvalue weighted by Crippen LogP contribution is -2.14. The van der Waals surface area contributed by atoms with Crippen molar-refractivity contribution in [2.24, 2.45) is 0 Å². The molecular formula is C17H14F4N4O. The molecule has 0 aliphatic carbocycles. The maximum absolute atomic E-state index is 13.2. The van der Waals surface area contributed by atoms with Gasteiger partial charge in [-0.05, 0) is 37.1 Å². The van der Waals surface area contributed by atoms with Gasteiger partial charge in [-0.3, -0.25) is 4.79 Å². The Hall–Kier alpha value is -2.97. The minimum absolute atomic E-state index is 0.202. The second-order valence-corrected chi connectivity index (χ2v) is 5.71. The quantitative estimate of drug-likeness (QED) is 0.693. The van der Waals surface area contributed by atoms with Gasteiger partial charge in [0.2, 0.25) is 0 Å². The first-order chi connectivity index (χ1) is 12.3. The van der Waals surface area contributed by atoms with E-state index >= 15 is 0 Å². The fourth-order valence-electron chi connectivity index (χ4n) is 2.47. The zero-order valence-electron chi connectivity index (χ0n) is 13.8. The fourth-order valence-corrected chi connectivity index (χ4v) is 2.47. The smallest absolute Gasteiger partial charge is 0.280 e. The number of hydrogen-bond donors (Lipinski definition) is 1. The summed E-state index contributed by atoms with van der Waals surface area (Å²) in [5.74, 6) is -0.650. The number of hydrogen-bond acceptors (Lipinski definition) is 3. The molecule has 3 rings (SSSR count). The lowest BCUT2D eigenvalue weighted by Gasteiger charge is -2.09. The predicted molar refractivity (Wildman–Crippen MR) is 86.8 cm³/mol. The summed E-state index contributed by atoms with van der Waals surface area (Å²) >= 11 is 0. The molecule has 1 amide bonds. The Morgan fingerprint density at radius 2 is 1.85 bits per heavy atom. The van der Waals surface area contributed by atoms with Crippen molar-refractivity contribution in [3.63, 3.8) is 0 Å². The summed E-state index contributed by atoms with van der Waals surface area (Å²) in [5.41, 5.74) is 0.348. The molecular weight excluding hydrogens is 352 g/mol. The summed E-state index contributed by atoms with van der Waals surface area (Å²) < 4.78 is 52.7. The molecule has 26 heavy (non-hydrogen) atoms. The SMILES string of the molecule is Cc1cccc(NC(=O)c2cc3nc(C(F)F)cc(C(F)F)n3n2)c1C. The maximum Gasteiger partial charge on any atom is 0.280 e. The molecule has 2 aromatic heterocycles. The van der Waals surface area contributed by atoms with Gasteiger partial charge in [-0.2, -0.15) is 5.10 Å². The molecule has 0 aliphatic heterocycles. The molecule has 136 valence electrons. The van der Waals surface area contributed by atoms with Gasteiger partial charge < -0.3 is 5.32 Å². The van der Waals surface area contributed by atoms with Gasteiger partial charge >= 0.3 is 0 Å². The number of carbonyl (C=O) groups excluding carboxylic acids is 1. The van der Waals surface area contributed by atoms with Crippen molar-refractivity contribution in [1.82, 2.24) is 14.6 Å². The molecule has 0 radical (unpaired) electrons. The summed E-state index contributed by atoms with van der Waals surface area (Å²) in [4.78, 5) is 16.0. The molecule has 0 saturated heterocycles. The van der Waals surface area contributed by atoms with Gasteiger partial charge in [0.1, 0.15) is 11.4 Å². The van der Waals surface area contributed by atoms with Crippen LogP contribution in [0.3, 0.4) is 0 Å². The van der Waals surface area contributed by atoms with Gasteiger partial charge in [-0.1, -0.05) is 12.1 Å². The van der Waals surface area contributed by atoms with E-state index in [4.69, 9.17) is 0 Å². The summed E-state index contributed by atoms with van der Waals surface area (Å²) in [6.07, 6.45) is -6.06. The Morgan fingerprint density at radius 3 is 2.50 bits per heavy atom. The minimum atomic E-state index is -3.05. The summed E-state index contributed by atoms with van der Waals surface area (Å²) in [5, 5.41) is 6.44. The number of fused-ring (bicyclic) bond motifs is 1. The van der Waals surface area contributed by atoms with Crippen LogP contribution in [0, 0.1) is 13.8 Å². The Balaban J connectivity index is 2.01. The van der Waals surface area contributed by atoms with Gasteiger partial charge in [-0.25, -0.2) is 27.1 Å². The first-order valence-corrected chi connectivity index (χ1v) is 7.62. The molecule has 0 bridgehead atoms. The molecule has 0 aliphatic rings. The number of amides is 1. The molecule has 5 nitrogen and oxygen atoms in total. The number of aromatic nitrogens is 3. The molecule has 0 fully saturated rings. The number of nitrogens with zero attached hydrogens (tertiary/aromatic N) is 3. The van der Waals surface area contributed by atoms with E-state index in [1.807, 2.05) is 19.9 Å². The largest absolute Gasteiger partial charge is 0.320 e. The van der Waals surface area contributed by atoms with Crippen molar-refractivity contribution in [3.8, 4) is 0 Å². The molecule has 0 saturated carbocycles. The van der Waals surface area contributed by atoms with Gasteiger partial charge in [0, 0.05) is 11.8 Å². The number of anilines is 1. The van der Waals surface area contributed by atoms with Crippen LogP contribution in [0.25, 0.3) is 5.65 Å². The zero-order valence-corrected chi connectivity index (χ0v) is 13.8. The van der Waals surface area contributed by atoms with E-state index in [0.29, 0.717) is 16.3 Å². The Labute approximate surface area is 145 Å². The molecule has 9 heteroatoms. The second kappa shape index (κ2) is 6.74. The number of alkyl halides is 4. The predicted octanol–water partition coefficient (Wildman–Crippen LogP) is 4.47. The van der Waals surface area contributed by atoms with Gasteiger partial charge in [0.15, 0.2) is 11.3 Å². The van der Waals surface area contributed by atoms with Crippen LogP contribution in [-0.4, -0.2) is 20.5 Å². The third-order valence-corrected chi connectivity index (χ3v) is 4.01. The highest BCUT2D eigenvalue weighted by Crippen LogP contribution is 2.26. The molecule has 0 unspecified atom stereocenters. The van der Waals surface area contributed by atoms with Crippen LogP contribution >= 0.6 is 0 Å². The van der Waals surface area contributed by atoms with Gasteiger partial charge in [0.05, 0.1) is 0 Å². The first kappa shape index (κ1) is 17.8. The Morgan fingerprint density at radius 1 is 1.12 bits per heavy atom. The summed E-state index contributed by atoms with van der Waals surface area (Å²) in [6.45, 7) is 3.70. The van der Waals surface area contributed by atoms with Crippen LogP contribution in [0.5, 0.6) is 0 Å². The van der Waals surface area contributed by atoms with E-state index in [2.05, 4.69) is 15.4 Å². The van der Waals surface area contributed by atoms with Crippen LogP contribution in [0.4, 0.5) is 23.2 Å². The standard InChI is InChI=1S/C17H14F4N4O/c1-8-4-3-5-10(9(8)2)23-17(26)12-7-14-22-11(15(18)19)6-13(16(20)21)25(14)24-12/h3-7,15-16H,1-2H3,(H,23,26). The van der Waals surface area contributed by atoms with Gasteiger partial charge in [0.25, 0.3) is 18.8 Å². The molecule has 0 atom stereocenters. The highest BCUT2D eigenvalue weighted by molar-refractivity contribution is 6.04. The van der Waals surface area contributed by atoms with Crippen LogP contribution in [0.1, 0.15) is 45.9 Å². The van der Waals surface area contributed by atoms with E-state index in [0.717, 1.165) is 17.2 Å². The van der Waals surface area contributed by atoms with Crippen LogP contribution < -0.4 is 5.32 Å². The molecule has 1 N–H and O–H groups in total. The molecule has 2 heterocycles. The van der Waals surface area contributed by atoms with E-state index < -0.39 is 30.1 Å². The summed E-state index contributed by atoms with van der Waals surface area (Å²) in [7, 11) is 0. The number of aryl methyl sites for hydroxylation is 1. The van der Waals surface area contributed by atoms with Crippen molar-refractivity contribution < 1.29 is 22.4 Å². The first-order valence-electron chi connectivity index (χ1n) is 7.62. The lowest BCUT2D eigenvalue weighted by atomic mass is 10.1. The lowest BCUT2D eigenvalue weighted by molar-refractivity contribution is 0.102. The highest BCUT2D eigenvalue weighted by Gasteiger charge is 2.22. The van der Waals surface area contributed by atoms with Crippen molar-refractivity contribution in [1.29, 1.82) is 0 Å². The van der Waals surface area contributed by atoms with E-state index in [1.54, 1.807) is 12.1 Å². The van der Waals surface area contributed by atoms with E-state index in [-0.39, 0.29) is 11.3 Å².